The fraction of sp³-hybridized carbons (Fsp3) is 0.0909. The van der Waals surface area contributed by atoms with E-state index in [1.165, 1.54) is 22.8 Å². The molecule has 0 atom stereocenters. The number of hydrogen-bond donors (Lipinski definition) is 1. The molecule has 2 heterocycles. The summed E-state index contributed by atoms with van der Waals surface area (Å²) < 4.78 is 60.8. The number of imidazole rings is 1. The van der Waals surface area contributed by atoms with Crippen LogP contribution in [0, 0.1) is 0 Å². The molecule has 0 bridgehead atoms. The molecule has 0 saturated carbocycles. The van der Waals surface area contributed by atoms with E-state index in [0.717, 1.165) is 23.5 Å². The summed E-state index contributed by atoms with van der Waals surface area (Å²) in [4.78, 5) is 4.40. The third kappa shape index (κ3) is 2.69. The Bertz CT molecular complexity index is 911. The monoisotopic (exact) mass is 348 g/mol. The van der Waals surface area contributed by atoms with Gasteiger partial charge in [-0.05, 0) is 12.1 Å². The summed E-state index contributed by atoms with van der Waals surface area (Å²) in [6.07, 6.45) is -2.98. The van der Waals surface area contributed by atoms with Gasteiger partial charge in [0.1, 0.15) is 0 Å². The lowest BCUT2D eigenvalue weighted by atomic mass is 10.1. The molecule has 6 nitrogen and oxygen atoms in total. The van der Waals surface area contributed by atoms with Gasteiger partial charge in [0.15, 0.2) is 0 Å². The number of nitrogens with zero attached hydrogens (tertiary/aromatic N) is 3. The average Bonchev–Trinajstić information content (AvgIpc) is 2.95. The molecule has 0 saturated heterocycles. The minimum absolute atomic E-state index is 0.277. The molecule has 11 heteroatoms. The predicted molar refractivity (Wildman–Crippen MR) is 72.7 cm³/mol. The van der Waals surface area contributed by atoms with Gasteiger partial charge in [0.2, 0.25) is 9.30 Å². The normalized spacial score (nSPS) is 12.9. The van der Waals surface area contributed by atoms with Crippen LogP contribution in [-0.4, -0.2) is 23.0 Å². The van der Waals surface area contributed by atoms with E-state index in [0.29, 0.717) is 11.3 Å². The quantitative estimate of drug-likeness (QED) is 0.768. The third-order valence-electron chi connectivity index (χ3n) is 2.78. The molecule has 3 rings (SSSR count). The zero-order valence-electron chi connectivity index (χ0n) is 10.6. The van der Waals surface area contributed by atoms with Crippen molar-refractivity contribution in [2.45, 2.75) is 10.5 Å². The van der Waals surface area contributed by atoms with Crippen molar-refractivity contribution in [2.24, 2.45) is 5.14 Å². The third-order valence-corrected chi connectivity index (χ3v) is 5.01. The second-order valence-corrected chi connectivity index (χ2v) is 7.03. The van der Waals surface area contributed by atoms with Crippen LogP contribution in [0.25, 0.3) is 16.2 Å². The van der Waals surface area contributed by atoms with Gasteiger partial charge in [0.25, 0.3) is 10.0 Å². The number of aromatic nitrogens is 3. The largest absolute Gasteiger partial charge is 0.416 e. The van der Waals surface area contributed by atoms with Crippen LogP contribution in [0.3, 0.4) is 0 Å². The first-order valence-electron chi connectivity index (χ1n) is 5.71. The van der Waals surface area contributed by atoms with Gasteiger partial charge >= 0.3 is 6.18 Å². The van der Waals surface area contributed by atoms with E-state index < -0.39 is 21.8 Å². The Morgan fingerprint density at radius 3 is 2.32 bits per heavy atom. The van der Waals surface area contributed by atoms with Crippen LogP contribution < -0.4 is 5.14 Å². The summed E-state index contributed by atoms with van der Waals surface area (Å²) in [6.45, 7) is 0. The molecule has 1 aromatic carbocycles. The highest BCUT2D eigenvalue weighted by molar-refractivity contribution is 7.91. The number of alkyl halides is 3. The maximum absolute atomic E-state index is 12.5. The van der Waals surface area contributed by atoms with E-state index in [9.17, 15) is 21.6 Å². The number of fused-ring (bicyclic) bond motifs is 1. The van der Waals surface area contributed by atoms with Crippen molar-refractivity contribution in [1.29, 1.82) is 0 Å². The van der Waals surface area contributed by atoms with Crippen LogP contribution >= 0.6 is 11.3 Å². The highest BCUT2D eigenvalue weighted by Crippen LogP contribution is 2.31. The van der Waals surface area contributed by atoms with Gasteiger partial charge in [0.05, 0.1) is 17.5 Å². The Hall–Kier alpha value is -1.98. The predicted octanol–water partition coefficient (Wildman–Crippen LogP) is 2.12. The van der Waals surface area contributed by atoms with Crippen molar-refractivity contribution in [3.8, 4) is 11.3 Å². The molecule has 2 aromatic heterocycles. The Morgan fingerprint density at radius 1 is 1.18 bits per heavy atom. The molecule has 0 aliphatic heterocycles. The Kier molecular flexibility index (Phi) is 3.23. The van der Waals surface area contributed by atoms with Gasteiger partial charge in [-0.1, -0.05) is 23.5 Å². The SMILES string of the molecule is NS(=O)(=O)c1nn2cc(-c3ccc(C(F)(F)F)cc3)nc2s1. The fourth-order valence-corrected chi connectivity index (χ4v) is 3.27. The standard InChI is InChI=1S/C11H7F3N4O2S2/c12-11(13,14)7-3-1-6(2-4-7)8-5-18-9(16-8)21-10(17-18)22(15,19)20/h1-5H,(H2,15,19,20). The number of nitrogens with two attached hydrogens (primary N) is 1. The summed E-state index contributed by atoms with van der Waals surface area (Å²) >= 11 is 0.775. The second kappa shape index (κ2) is 4.76. The van der Waals surface area contributed by atoms with Crippen molar-refractivity contribution >= 4 is 26.3 Å². The molecule has 2 N–H and O–H groups in total. The molecular formula is C11H7F3N4O2S2. The van der Waals surface area contributed by atoms with Gasteiger partial charge in [-0.15, -0.1) is 5.10 Å². The summed E-state index contributed by atoms with van der Waals surface area (Å²) in [7, 11) is -3.91. The van der Waals surface area contributed by atoms with E-state index in [-0.39, 0.29) is 9.30 Å². The van der Waals surface area contributed by atoms with Gasteiger partial charge < -0.3 is 0 Å². The molecule has 0 radical (unpaired) electrons. The molecule has 0 spiro atoms. The highest BCUT2D eigenvalue weighted by Gasteiger charge is 2.30. The van der Waals surface area contributed by atoms with Crippen LogP contribution in [0.5, 0.6) is 0 Å². The van der Waals surface area contributed by atoms with Crippen LogP contribution in [0.15, 0.2) is 34.8 Å². The number of primary sulfonamides is 1. The van der Waals surface area contributed by atoms with Crippen molar-refractivity contribution in [2.75, 3.05) is 0 Å². The van der Waals surface area contributed by atoms with Gasteiger partial charge in [-0.2, -0.15) is 13.2 Å². The highest BCUT2D eigenvalue weighted by atomic mass is 32.2. The van der Waals surface area contributed by atoms with E-state index in [2.05, 4.69) is 10.1 Å². The first kappa shape index (κ1) is 14.9. The van der Waals surface area contributed by atoms with Gasteiger partial charge in [-0.3, -0.25) is 0 Å². The number of benzene rings is 1. The maximum atomic E-state index is 12.5. The molecular weight excluding hydrogens is 341 g/mol. The maximum Gasteiger partial charge on any atom is 0.416 e. The summed E-state index contributed by atoms with van der Waals surface area (Å²) in [6, 6.07) is 4.48. The lowest BCUT2D eigenvalue weighted by Crippen LogP contribution is -2.12. The van der Waals surface area contributed by atoms with E-state index in [1.54, 1.807) is 0 Å². The van der Waals surface area contributed by atoms with Crippen molar-refractivity contribution < 1.29 is 21.6 Å². The minimum atomic E-state index is -4.40. The Morgan fingerprint density at radius 2 is 1.82 bits per heavy atom. The van der Waals surface area contributed by atoms with Gasteiger partial charge in [0, 0.05) is 5.56 Å². The summed E-state index contributed by atoms with van der Waals surface area (Å²) in [5.41, 5.74) is 0.0863. The molecule has 0 aliphatic rings. The zero-order chi connectivity index (χ0) is 16.1. The molecule has 0 aliphatic carbocycles. The molecule has 3 aromatic rings. The van der Waals surface area contributed by atoms with E-state index in [1.807, 2.05) is 0 Å². The number of hydrogen-bond acceptors (Lipinski definition) is 5. The number of rotatable bonds is 2. The van der Waals surface area contributed by atoms with Crippen molar-refractivity contribution in [3.05, 3.63) is 36.0 Å². The first-order chi connectivity index (χ1) is 10.1. The number of sulfonamides is 1. The van der Waals surface area contributed by atoms with E-state index >= 15 is 0 Å². The molecule has 0 fully saturated rings. The second-order valence-electron chi connectivity index (χ2n) is 4.34. The van der Waals surface area contributed by atoms with Crippen LogP contribution in [-0.2, 0) is 16.2 Å². The average molecular weight is 348 g/mol. The molecule has 0 amide bonds. The topological polar surface area (TPSA) is 90.4 Å². The number of halogens is 3. The van der Waals surface area contributed by atoms with Crippen molar-refractivity contribution in [3.63, 3.8) is 0 Å². The van der Waals surface area contributed by atoms with E-state index in [4.69, 9.17) is 5.14 Å². The smallest absolute Gasteiger partial charge is 0.223 e. The van der Waals surface area contributed by atoms with Crippen molar-refractivity contribution in [1.82, 2.24) is 14.6 Å². The Labute approximate surface area is 126 Å². The first-order valence-corrected chi connectivity index (χ1v) is 8.07. The molecule has 22 heavy (non-hydrogen) atoms. The van der Waals surface area contributed by atoms with Crippen LogP contribution in [0.2, 0.25) is 0 Å². The lowest BCUT2D eigenvalue weighted by molar-refractivity contribution is -0.137. The lowest BCUT2D eigenvalue weighted by Gasteiger charge is -2.06. The van der Waals surface area contributed by atoms with Crippen LogP contribution in [0.4, 0.5) is 13.2 Å². The van der Waals surface area contributed by atoms with Gasteiger partial charge in [-0.25, -0.2) is 23.1 Å². The minimum Gasteiger partial charge on any atom is -0.223 e. The Balaban J connectivity index is 1.99. The fourth-order valence-electron chi connectivity index (χ4n) is 1.77. The summed E-state index contributed by atoms with van der Waals surface area (Å²) in [5.74, 6) is 0. The summed E-state index contributed by atoms with van der Waals surface area (Å²) in [5, 5.41) is 8.73. The molecule has 116 valence electrons. The zero-order valence-corrected chi connectivity index (χ0v) is 12.2. The van der Waals surface area contributed by atoms with Crippen LogP contribution in [0.1, 0.15) is 5.56 Å². The molecule has 0 unspecified atom stereocenters.